The number of aromatic nitrogens is 1. The van der Waals surface area contributed by atoms with Gasteiger partial charge >= 0.3 is 0 Å². The van der Waals surface area contributed by atoms with Gasteiger partial charge in [0, 0.05) is 12.7 Å². The highest BCUT2D eigenvalue weighted by atomic mass is 32.2. The monoisotopic (exact) mass is 308 g/mol. The summed E-state index contributed by atoms with van der Waals surface area (Å²) >= 11 is 0. The Hall–Kier alpha value is -1.23. The van der Waals surface area contributed by atoms with Crippen molar-refractivity contribution in [3.8, 4) is 0 Å². The van der Waals surface area contributed by atoms with Crippen LogP contribution in [0.4, 0.5) is 0 Å². The van der Waals surface area contributed by atoms with E-state index in [0.717, 1.165) is 17.9 Å². The molecule has 0 spiro atoms. The van der Waals surface area contributed by atoms with Crippen LogP contribution in [-0.4, -0.2) is 27.4 Å². The van der Waals surface area contributed by atoms with Crippen molar-refractivity contribution in [3.63, 3.8) is 0 Å². The minimum Gasteiger partial charge on any atom is -0.355 e. The van der Waals surface area contributed by atoms with Crippen molar-refractivity contribution in [2.75, 3.05) is 12.3 Å². The second-order valence-electron chi connectivity index (χ2n) is 5.81. The largest absolute Gasteiger partial charge is 0.355 e. The third-order valence-electron chi connectivity index (χ3n) is 3.98. The maximum Gasteiger partial charge on any atom is 0.233 e. The molecular formula is C16H24N2O2S. The fraction of sp³-hybridized carbons (Fsp3) is 0.625. The minimum atomic E-state index is -1.35. The van der Waals surface area contributed by atoms with Gasteiger partial charge in [-0.1, -0.05) is 38.2 Å². The topological polar surface area (TPSA) is 59.1 Å². The van der Waals surface area contributed by atoms with Crippen molar-refractivity contribution in [1.82, 2.24) is 10.3 Å². The lowest BCUT2D eigenvalue weighted by atomic mass is 9.87. The average molecular weight is 308 g/mol. The SMILES string of the molecule is Cc1ccc(S(=O)CC(=O)NCCC2CCCCC2)nc1. The van der Waals surface area contributed by atoms with Crippen LogP contribution in [0.25, 0.3) is 0 Å². The maximum absolute atomic E-state index is 12.0. The molecule has 0 saturated heterocycles. The van der Waals surface area contributed by atoms with Gasteiger partial charge in [0.05, 0.1) is 10.8 Å². The third-order valence-corrected chi connectivity index (χ3v) is 5.21. The number of hydrogen-bond acceptors (Lipinski definition) is 3. The van der Waals surface area contributed by atoms with Crippen molar-refractivity contribution in [1.29, 1.82) is 0 Å². The van der Waals surface area contributed by atoms with Crippen LogP contribution in [0.3, 0.4) is 0 Å². The summed E-state index contributed by atoms with van der Waals surface area (Å²) in [5, 5.41) is 3.36. The van der Waals surface area contributed by atoms with Crippen molar-refractivity contribution in [3.05, 3.63) is 23.9 Å². The molecule has 4 nitrogen and oxygen atoms in total. The van der Waals surface area contributed by atoms with Gasteiger partial charge in [-0.3, -0.25) is 9.00 Å². The summed E-state index contributed by atoms with van der Waals surface area (Å²) in [7, 11) is -1.35. The number of amides is 1. The van der Waals surface area contributed by atoms with Crippen LogP contribution in [0.1, 0.15) is 44.1 Å². The van der Waals surface area contributed by atoms with E-state index in [2.05, 4.69) is 10.3 Å². The van der Waals surface area contributed by atoms with Crippen LogP contribution in [0, 0.1) is 12.8 Å². The van der Waals surface area contributed by atoms with Gasteiger partial charge in [-0.2, -0.15) is 0 Å². The van der Waals surface area contributed by atoms with E-state index in [1.807, 2.05) is 13.0 Å². The van der Waals surface area contributed by atoms with Gasteiger partial charge in [0.15, 0.2) is 0 Å². The summed E-state index contributed by atoms with van der Waals surface area (Å²) < 4.78 is 12.0. The van der Waals surface area contributed by atoms with Gasteiger partial charge in [0.25, 0.3) is 0 Å². The molecule has 1 saturated carbocycles. The number of aryl methyl sites for hydroxylation is 1. The molecule has 1 atom stereocenters. The predicted molar refractivity (Wildman–Crippen MR) is 84.5 cm³/mol. The highest BCUT2D eigenvalue weighted by Crippen LogP contribution is 2.25. The van der Waals surface area contributed by atoms with Gasteiger partial charge in [0.2, 0.25) is 5.91 Å². The van der Waals surface area contributed by atoms with E-state index in [0.29, 0.717) is 11.6 Å². The molecule has 0 aromatic carbocycles. The predicted octanol–water partition coefficient (Wildman–Crippen LogP) is 2.58. The van der Waals surface area contributed by atoms with E-state index in [1.54, 1.807) is 12.3 Å². The normalized spacial score (nSPS) is 17.4. The molecule has 1 fully saturated rings. The van der Waals surface area contributed by atoms with Gasteiger partial charge in [-0.05, 0) is 30.9 Å². The van der Waals surface area contributed by atoms with Crippen molar-refractivity contribution < 1.29 is 9.00 Å². The van der Waals surface area contributed by atoms with E-state index in [1.165, 1.54) is 32.1 Å². The quantitative estimate of drug-likeness (QED) is 0.878. The van der Waals surface area contributed by atoms with Crippen molar-refractivity contribution >= 4 is 16.7 Å². The number of pyridine rings is 1. The second kappa shape index (κ2) is 8.27. The second-order valence-corrected chi connectivity index (χ2v) is 7.20. The van der Waals surface area contributed by atoms with Crippen LogP contribution in [0.5, 0.6) is 0 Å². The Morgan fingerprint density at radius 3 is 2.76 bits per heavy atom. The highest BCUT2D eigenvalue weighted by molar-refractivity contribution is 7.85. The average Bonchev–Trinajstić information content (AvgIpc) is 2.49. The molecule has 0 radical (unpaired) electrons. The zero-order chi connectivity index (χ0) is 15.1. The van der Waals surface area contributed by atoms with Crippen LogP contribution < -0.4 is 5.32 Å². The molecule has 0 bridgehead atoms. The summed E-state index contributed by atoms with van der Waals surface area (Å²) in [6.45, 7) is 2.62. The summed E-state index contributed by atoms with van der Waals surface area (Å²) in [6, 6.07) is 3.59. The molecule has 1 aliphatic rings. The standard InChI is InChI=1S/C16H24N2O2S/c1-13-7-8-16(18-11-13)21(20)12-15(19)17-10-9-14-5-3-2-4-6-14/h7-8,11,14H,2-6,9-10,12H2,1H3,(H,17,19). The van der Waals surface area contributed by atoms with Crippen molar-refractivity contribution in [2.24, 2.45) is 5.92 Å². The number of rotatable bonds is 6. The van der Waals surface area contributed by atoms with Crippen LogP contribution in [0.2, 0.25) is 0 Å². The maximum atomic E-state index is 12.0. The van der Waals surface area contributed by atoms with Gasteiger partial charge in [0.1, 0.15) is 10.8 Å². The van der Waals surface area contributed by atoms with E-state index < -0.39 is 10.8 Å². The van der Waals surface area contributed by atoms with E-state index >= 15 is 0 Å². The first-order valence-electron chi connectivity index (χ1n) is 7.73. The third kappa shape index (κ3) is 5.58. The highest BCUT2D eigenvalue weighted by Gasteiger charge is 2.14. The van der Waals surface area contributed by atoms with E-state index in [-0.39, 0.29) is 11.7 Å². The Kier molecular flexibility index (Phi) is 6.36. The summed E-state index contributed by atoms with van der Waals surface area (Å²) in [5.74, 6) is 0.607. The van der Waals surface area contributed by atoms with Crippen molar-refractivity contribution in [2.45, 2.75) is 50.5 Å². The molecule has 5 heteroatoms. The number of hydrogen-bond donors (Lipinski definition) is 1. The first kappa shape index (κ1) is 16.1. The lowest BCUT2D eigenvalue weighted by molar-refractivity contribution is -0.118. The first-order valence-corrected chi connectivity index (χ1v) is 9.05. The van der Waals surface area contributed by atoms with Gasteiger partial charge < -0.3 is 5.32 Å². The molecule has 1 amide bonds. The summed E-state index contributed by atoms with van der Waals surface area (Å²) in [6.07, 6.45) is 9.29. The van der Waals surface area contributed by atoms with Crippen LogP contribution in [0.15, 0.2) is 23.4 Å². The number of nitrogens with one attached hydrogen (secondary N) is 1. The molecule has 1 N–H and O–H groups in total. The lowest BCUT2D eigenvalue weighted by Gasteiger charge is -2.21. The Labute approximate surface area is 129 Å². The fourth-order valence-electron chi connectivity index (χ4n) is 2.72. The minimum absolute atomic E-state index is 0.000722. The number of nitrogens with zero attached hydrogens (tertiary/aromatic N) is 1. The zero-order valence-corrected chi connectivity index (χ0v) is 13.5. The molecule has 1 aliphatic carbocycles. The molecule has 1 heterocycles. The molecule has 1 aromatic heterocycles. The number of carbonyl (C=O) groups excluding carboxylic acids is 1. The van der Waals surface area contributed by atoms with E-state index in [4.69, 9.17) is 0 Å². The summed E-state index contributed by atoms with van der Waals surface area (Å²) in [4.78, 5) is 15.9. The first-order chi connectivity index (χ1) is 10.1. The molecule has 1 unspecified atom stereocenters. The molecule has 21 heavy (non-hydrogen) atoms. The lowest BCUT2D eigenvalue weighted by Crippen LogP contribution is -2.30. The Morgan fingerprint density at radius 1 is 1.33 bits per heavy atom. The number of carbonyl (C=O) groups is 1. The molecule has 2 rings (SSSR count). The van der Waals surface area contributed by atoms with Crippen LogP contribution in [-0.2, 0) is 15.6 Å². The van der Waals surface area contributed by atoms with Gasteiger partial charge in [-0.25, -0.2) is 4.98 Å². The van der Waals surface area contributed by atoms with E-state index in [9.17, 15) is 9.00 Å². The Bertz CT molecular complexity index is 482. The zero-order valence-electron chi connectivity index (χ0n) is 12.6. The molecule has 0 aliphatic heterocycles. The smallest absolute Gasteiger partial charge is 0.233 e. The Morgan fingerprint density at radius 2 is 2.10 bits per heavy atom. The van der Waals surface area contributed by atoms with Gasteiger partial charge in [-0.15, -0.1) is 0 Å². The molecular weight excluding hydrogens is 284 g/mol. The summed E-state index contributed by atoms with van der Waals surface area (Å²) in [5.41, 5.74) is 1.02. The Balaban J connectivity index is 1.68. The fourth-order valence-corrected chi connectivity index (χ4v) is 3.60. The van der Waals surface area contributed by atoms with Crippen LogP contribution >= 0.6 is 0 Å². The molecule has 116 valence electrons. The molecule has 1 aromatic rings.